The highest BCUT2D eigenvalue weighted by Crippen LogP contribution is 2.19. The third-order valence-electron chi connectivity index (χ3n) is 3.75. The highest BCUT2D eigenvalue weighted by molar-refractivity contribution is 7.08. The van der Waals surface area contributed by atoms with Crippen LogP contribution in [0.1, 0.15) is 15.9 Å². The molecule has 0 radical (unpaired) electrons. The minimum atomic E-state index is -0.115. The summed E-state index contributed by atoms with van der Waals surface area (Å²) in [5, 5.41) is 6.98. The fourth-order valence-corrected chi connectivity index (χ4v) is 2.96. The molecular formula is C19H19N3OS. The molecule has 0 aliphatic heterocycles. The summed E-state index contributed by atoms with van der Waals surface area (Å²) in [5.41, 5.74) is 4.73. The Balaban J connectivity index is 1.60. The van der Waals surface area contributed by atoms with E-state index in [1.807, 2.05) is 72.2 Å². The third-order valence-corrected chi connectivity index (χ3v) is 4.43. The number of rotatable bonds is 5. The van der Waals surface area contributed by atoms with Crippen LogP contribution in [0.5, 0.6) is 0 Å². The number of pyridine rings is 1. The Hall–Kier alpha value is -2.66. The van der Waals surface area contributed by atoms with Gasteiger partial charge in [0.05, 0.1) is 11.3 Å². The van der Waals surface area contributed by atoms with Crippen LogP contribution in [0.25, 0.3) is 11.3 Å². The van der Waals surface area contributed by atoms with Gasteiger partial charge >= 0.3 is 0 Å². The summed E-state index contributed by atoms with van der Waals surface area (Å²) in [6.45, 7) is 0.499. The maximum Gasteiger partial charge on any atom is 0.253 e. The van der Waals surface area contributed by atoms with Gasteiger partial charge in [0.2, 0.25) is 0 Å². The Labute approximate surface area is 145 Å². The van der Waals surface area contributed by atoms with E-state index in [4.69, 9.17) is 0 Å². The second-order valence-electron chi connectivity index (χ2n) is 5.69. The monoisotopic (exact) mass is 337 g/mol. The SMILES string of the molecule is CN(C)c1ccc(CNC(=O)c2ccc(-c3ccsc3)nc2)cc1. The topological polar surface area (TPSA) is 45.2 Å². The molecule has 4 nitrogen and oxygen atoms in total. The number of nitrogens with one attached hydrogen (secondary N) is 1. The minimum Gasteiger partial charge on any atom is -0.378 e. The van der Waals surface area contributed by atoms with Crippen LogP contribution in [0.3, 0.4) is 0 Å². The van der Waals surface area contributed by atoms with Gasteiger partial charge in [-0.25, -0.2) is 0 Å². The lowest BCUT2D eigenvalue weighted by Crippen LogP contribution is -2.23. The van der Waals surface area contributed by atoms with Crippen molar-refractivity contribution in [2.24, 2.45) is 0 Å². The number of carbonyl (C=O) groups is 1. The molecule has 1 amide bonds. The number of benzene rings is 1. The molecule has 1 aromatic carbocycles. The summed E-state index contributed by atoms with van der Waals surface area (Å²) in [4.78, 5) is 18.6. The van der Waals surface area contributed by atoms with Gasteiger partial charge in [-0.05, 0) is 41.3 Å². The normalized spacial score (nSPS) is 10.4. The van der Waals surface area contributed by atoms with Gasteiger partial charge in [-0.3, -0.25) is 9.78 Å². The number of carbonyl (C=O) groups excluding carboxylic acids is 1. The first-order chi connectivity index (χ1) is 11.6. The van der Waals surface area contributed by atoms with Crippen molar-refractivity contribution >= 4 is 22.9 Å². The average Bonchev–Trinajstić information content (AvgIpc) is 3.15. The zero-order valence-electron chi connectivity index (χ0n) is 13.7. The molecule has 0 saturated heterocycles. The molecule has 2 heterocycles. The van der Waals surface area contributed by atoms with Crippen molar-refractivity contribution in [3.05, 3.63) is 70.5 Å². The first kappa shape index (κ1) is 16.2. The lowest BCUT2D eigenvalue weighted by molar-refractivity contribution is 0.0950. The Bertz CT molecular complexity index is 794. The molecule has 0 atom stereocenters. The molecule has 122 valence electrons. The van der Waals surface area contributed by atoms with Crippen molar-refractivity contribution in [2.45, 2.75) is 6.54 Å². The largest absolute Gasteiger partial charge is 0.378 e. The summed E-state index contributed by atoms with van der Waals surface area (Å²) in [5.74, 6) is -0.115. The zero-order chi connectivity index (χ0) is 16.9. The Morgan fingerprint density at radius 2 is 1.92 bits per heavy atom. The maximum atomic E-state index is 12.2. The molecule has 0 fully saturated rings. The highest BCUT2D eigenvalue weighted by atomic mass is 32.1. The van der Waals surface area contributed by atoms with E-state index in [2.05, 4.69) is 10.3 Å². The molecular weight excluding hydrogens is 318 g/mol. The first-order valence-electron chi connectivity index (χ1n) is 7.66. The van der Waals surface area contributed by atoms with E-state index >= 15 is 0 Å². The molecule has 0 saturated carbocycles. The van der Waals surface area contributed by atoms with Gasteiger partial charge in [0, 0.05) is 43.5 Å². The number of amides is 1. The second-order valence-corrected chi connectivity index (χ2v) is 6.47. The van der Waals surface area contributed by atoms with E-state index in [0.717, 1.165) is 22.5 Å². The third kappa shape index (κ3) is 3.81. The minimum absolute atomic E-state index is 0.115. The number of aromatic nitrogens is 1. The van der Waals surface area contributed by atoms with Gasteiger partial charge in [0.15, 0.2) is 0 Å². The quantitative estimate of drug-likeness (QED) is 0.770. The molecule has 0 aliphatic rings. The Morgan fingerprint density at radius 3 is 2.50 bits per heavy atom. The van der Waals surface area contributed by atoms with Gasteiger partial charge in [-0.1, -0.05) is 12.1 Å². The summed E-state index contributed by atoms with van der Waals surface area (Å²) in [7, 11) is 4.01. The van der Waals surface area contributed by atoms with Crippen LogP contribution in [-0.4, -0.2) is 25.0 Å². The van der Waals surface area contributed by atoms with Crippen molar-refractivity contribution in [1.82, 2.24) is 10.3 Å². The maximum absolute atomic E-state index is 12.2. The highest BCUT2D eigenvalue weighted by Gasteiger charge is 2.07. The predicted molar refractivity (Wildman–Crippen MR) is 99.5 cm³/mol. The van der Waals surface area contributed by atoms with Crippen molar-refractivity contribution < 1.29 is 4.79 Å². The molecule has 3 aromatic rings. The van der Waals surface area contributed by atoms with Crippen LogP contribution in [0.15, 0.2) is 59.4 Å². The number of nitrogens with zero attached hydrogens (tertiary/aromatic N) is 2. The average molecular weight is 337 g/mol. The molecule has 1 N–H and O–H groups in total. The standard InChI is InChI=1S/C19H19N3OS/c1-22(2)17-6-3-14(4-7-17)11-21-19(23)15-5-8-18(20-12-15)16-9-10-24-13-16/h3-10,12-13H,11H2,1-2H3,(H,21,23). The van der Waals surface area contributed by atoms with Crippen LogP contribution in [0.4, 0.5) is 5.69 Å². The fraction of sp³-hybridized carbons (Fsp3) is 0.158. The Morgan fingerprint density at radius 1 is 1.12 bits per heavy atom. The van der Waals surface area contributed by atoms with E-state index in [-0.39, 0.29) is 5.91 Å². The van der Waals surface area contributed by atoms with E-state index in [1.165, 1.54) is 0 Å². The Kier molecular flexibility index (Phi) is 4.91. The molecule has 3 rings (SSSR count). The van der Waals surface area contributed by atoms with Crippen LogP contribution >= 0.6 is 11.3 Å². The molecule has 0 unspecified atom stereocenters. The lowest BCUT2D eigenvalue weighted by atomic mass is 10.1. The first-order valence-corrected chi connectivity index (χ1v) is 8.61. The number of anilines is 1. The molecule has 0 aliphatic carbocycles. The van der Waals surface area contributed by atoms with Crippen molar-refractivity contribution in [2.75, 3.05) is 19.0 Å². The van der Waals surface area contributed by atoms with Gasteiger partial charge in [-0.15, -0.1) is 0 Å². The summed E-state index contributed by atoms with van der Waals surface area (Å²) >= 11 is 1.63. The van der Waals surface area contributed by atoms with Crippen molar-refractivity contribution in [3.63, 3.8) is 0 Å². The van der Waals surface area contributed by atoms with E-state index in [1.54, 1.807) is 17.5 Å². The predicted octanol–water partition coefficient (Wildman–Crippen LogP) is 3.81. The molecule has 5 heteroatoms. The van der Waals surface area contributed by atoms with Gasteiger partial charge in [-0.2, -0.15) is 11.3 Å². The van der Waals surface area contributed by atoms with Crippen LogP contribution in [0.2, 0.25) is 0 Å². The number of thiophene rings is 1. The van der Waals surface area contributed by atoms with Crippen molar-refractivity contribution in [1.29, 1.82) is 0 Å². The molecule has 24 heavy (non-hydrogen) atoms. The second kappa shape index (κ2) is 7.27. The van der Waals surface area contributed by atoms with Crippen LogP contribution in [0, 0.1) is 0 Å². The van der Waals surface area contributed by atoms with E-state index in [9.17, 15) is 4.79 Å². The van der Waals surface area contributed by atoms with E-state index < -0.39 is 0 Å². The van der Waals surface area contributed by atoms with Gasteiger partial charge in [0.25, 0.3) is 5.91 Å². The van der Waals surface area contributed by atoms with Crippen LogP contribution < -0.4 is 10.2 Å². The van der Waals surface area contributed by atoms with Gasteiger partial charge < -0.3 is 10.2 Å². The molecule has 0 spiro atoms. The van der Waals surface area contributed by atoms with Gasteiger partial charge in [0.1, 0.15) is 0 Å². The van der Waals surface area contributed by atoms with E-state index in [0.29, 0.717) is 12.1 Å². The lowest BCUT2D eigenvalue weighted by Gasteiger charge is -2.13. The fourth-order valence-electron chi connectivity index (χ4n) is 2.31. The summed E-state index contributed by atoms with van der Waals surface area (Å²) in [6, 6.07) is 13.8. The molecule has 0 bridgehead atoms. The van der Waals surface area contributed by atoms with Crippen molar-refractivity contribution in [3.8, 4) is 11.3 Å². The molecule has 2 aromatic heterocycles. The number of hydrogen-bond donors (Lipinski definition) is 1. The van der Waals surface area contributed by atoms with Crippen LogP contribution in [-0.2, 0) is 6.54 Å². The smallest absolute Gasteiger partial charge is 0.253 e. The summed E-state index contributed by atoms with van der Waals surface area (Å²) in [6.07, 6.45) is 1.62. The number of hydrogen-bond acceptors (Lipinski definition) is 4. The zero-order valence-corrected chi connectivity index (χ0v) is 14.5. The summed E-state index contributed by atoms with van der Waals surface area (Å²) < 4.78 is 0.